The van der Waals surface area contributed by atoms with E-state index >= 15 is 0 Å². The summed E-state index contributed by atoms with van der Waals surface area (Å²) in [4.78, 5) is 28.5. The van der Waals surface area contributed by atoms with Gasteiger partial charge in [-0.15, -0.1) is 0 Å². The van der Waals surface area contributed by atoms with Crippen LogP contribution in [0.2, 0.25) is 10.0 Å². The van der Waals surface area contributed by atoms with Crippen LogP contribution in [0.3, 0.4) is 0 Å². The van der Waals surface area contributed by atoms with Gasteiger partial charge in [0.2, 0.25) is 0 Å². The minimum absolute atomic E-state index is 0. The van der Waals surface area contributed by atoms with Crippen LogP contribution in [0.25, 0.3) is 102 Å². The van der Waals surface area contributed by atoms with Gasteiger partial charge in [0.1, 0.15) is 0 Å². The Labute approximate surface area is 479 Å². The fraction of sp³-hybridized carbons (Fsp3) is 0.0149. The largest absolute Gasteiger partial charge is 0.488 e. The molecule has 0 aliphatic carbocycles. The van der Waals surface area contributed by atoms with Crippen molar-refractivity contribution < 1.29 is 10.0 Å². The molecule has 0 radical (unpaired) electrons. The molecule has 0 saturated carbocycles. The second-order valence-corrected chi connectivity index (χ2v) is 19.6. The molecule has 2 N–H and O–H groups in total. The van der Waals surface area contributed by atoms with Gasteiger partial charge >= 0.3 is 7.12 Å². The molecule has 0 amide bonds. The maximum Gasteiger partial charge on any atom is 0.488 e. The van der Waals surface area contributed by atoms with Crippen LogP contribution in [-0.4, -0.2) is 47.1 Å². The van der Waals surface area contributed by atoms with E-state index in [-0.39, 0.29) is 7.43 Å². The molecule has 2 aromatic heterocycles. The van der Waals surface area contributed by atoms with Crippen molar-refractivity contribution in [3.05, 3.63) is 281 Å². The van der Waals surface area contributed by atoms with Gasteiger partial charge in [-0.1, -0.05) is 277 Å². The van der Waals surface area contributed by atoms with E-state index in [0.717, 1.165) is 60.1 Å². The fourth-order valence-electron chi connectivity index (χ4n) is 8.41. The smallest absolute Gasteiger partial charge is 0.423 e. The third kappa shape index (κ3) is 14.5. The quantitative estimate of drug-likeness (QED) is 0.130. The van der Waals surface area contributed by atoms with Crippen LogP contribution in [0.5, 0.6) is 0 Å². The maximum atomic E-state index is 8.94. The third-order valence-electron chi connectivity index (χ3n) is 12.3. The Morgan fingerprint density at radius 2 is 0.506 bits per heavy atom. The summed E-state index contributed by atoms with van der Waals surface area (Å²) in [5.74, 6) is 3.67. The van der Waals surface area contributed by atoms with E-state index in [9.17, 15) is 0 Å². The van der Waals surface area contributed by atoms with Crippen molar-refractivity contribution >= 4 is 51.7 Å². The van der Waals surface area contributed by atoms with Gasteiger partial charge in [0, 0.05) is 47.9 Å². The molecule has 10 aromatic carbocycles. The van der Waals surface area contributed by atoms with Crippen molar-refractivity contribution in [3.63, 3.8) is 0 Å². The normalized spacial score (nSPS) is 10.5. The molecule has 0 fully saturated rings. The van der Waals surface area contributed by atoms with Crippen molar-refractivity contribution in [2.24, 2.45) is 0 Å². The van der Waals surface area contributed by atoms with E-state index in [1.807, 2.05) is 200 Å². The fourth-order valence-corrected chi connectivity index (χ4v) is 9.50. The van der Waals surface area contributed by atoms with Crippen molar-refractivity contribution in [3.8, 4) is 102 Å². The van der Waals surface area contributed by atoms with Crippen molar-refractivity contribution in [1.82, 2.24) is 29.9 Å². The molecule has 8 nitrogen and oxygen atoms in total. The van der Waals surface area contributed by atoms with Crippen LogP contribution in [0, 0.1) is 0 Å². The van der Waals surface area contributed by atoms with Crippen LogP contribution < -0.4 is 5.46 Å². The zero-order valence-electron chi connectivity index (χ0n) is 41.7. The Balaban J connectivity index is 0.000000156. The van der Waals surface area contributed by atoms with Crippen molar-refractivity contribution in [1.29, 1.82) is 0 Å². The molecule has 0 spiro atoms. The predicted molar refractivity (Wildman–Crippen MR) is 329 cm³/mol. The molecule has 0 unspecified atom stereocenters. The number of hydrogen-bond acceptors (Lipinski definition) is 8. The van der Waals surface area contributed by atoms with E-state index in [2.05, 4.69) is 85.5 Å². The van der Waals surface area contributed by atoms with E-state index in [0.29, 0.717) is 50.5 Å². The first-order chi connectivity index (χ1) is 38.2. The van der Waals surface area contributed by atoms with E-state index in [4.69, 9.17) is 48.2 Å². The first-order valence-corrected chi connectivity index (χ1v) is 26.4. The lowest BCUT2D eigenvalue weighted by Gasteiger charge is -2.11. The standard InChI is InChI=1S/C33H22ClN3.C21H13BrClN3.C12H11BO2.CH4/c34-30-21-28(25-18-16-24(17-19-25)23-10-4-1-5-11-23)20-29(22-30)33-36-31(26-12-6-2-7-13-26)35-32(37-33)27-14-8-3-9-15-27;22-17-11-16(12-18(23)13-17)21-25-19(14-7-3-1-4-8-14)24-20(26-21)15-9-5-2-6-10-15;14-13(15)12-8-6-11(7-9-12)10-4-2-1-3-5-10;/h1-22H;1-13H;1-9,14-15H;1H4. The first-order valence-electron chi connectivity index (χ1n) is 24.9. The summed E-state index contributed by atoms with van der Waals surface area (Å²) in [6.07, 6.45) is 0. The molecule has 0 saturated heterocycles. The van der Waals surface area contributed by atoms with Gasteiger partial charge in [-0.25, -0.2) is 29.9 Å². The summed E-state index contributed by atoms with van der Waals surface area (Å²) in [6, 6.07) is 87.3. The van der Waals surface area contributed by atoms with Gasteiger partial charge in [0.05, 0.1) is 0 Å². The van der Waals surface area contributed by atoms with Gasteiger partial charge < -0.3 is 10.0 Å². The second-order valence-electron chi connectivity index (χ2n) is 17.8. The molecular formula is C67H50BBrCl2N6O2. The van der Waals surface area contributed by atoms with Crippen LogP contribution in [0.1, 0.15) is 7.43 Å². The van der Waals surface area contributed by atoms with Crippen molar-refractivity contribution in [2.45, 2.75) is 7.43 Å². The number of benzene rings is 10. The molecule has 384 valence electrons. The van der Waals surface area contributed by atoms with Gasteiger partial charge in [-0.2, -0.15) is 0 Å². The Morgan fingerprint density at radius 1 is 0.266 bits per heavy atom. The SMILES string of the molecule is C.Clc1cc(-c2ccc(-c3ccccc3)cc2)cc(-c2nc(-c3ccccc3)nc(-c3ccccc3)n2)c1.Clc1cc(Br)cc(-c2nc(-c3ccccc3)nc(-c3ccccc3)n2)c1.OB(O)c1ccc(-c2ccccc2)cc1. The molecule has 0 aliphatic rings. The average molecular weight is 1130 g/mol. The minimum Gasteiger partial charge on any atom is -0.423 e. The molecule has 12 rings (SSSR count). The second kappa shape index (κ2) is 26.5. The van der Waals surface area contributed by atoms with Crippen LogP contribution in [0.15, 0.2) is 271 Å². The Bertz CT molecular complexity index is 3760. The molecule has 79 heavy (non-hydrogen) atoms. The summed E-state index contributed by atoms with van der Waals surface area (Å²) >= 11 is 16.3. The topological polar surface area (TPSA) is 118 Å². The van der Waals surface area contributed by atoms with Crippen molar-refractivity contribution in [2.75, 3.05) is 0 Å². The van der Waals surface area contributed by atoms with E-state index in [1.54, 1.807) is 12.1 Å². The molecule has 0 bridgehead atoms. The highest BCUT2D eigenvalue weighted by Crippen LogP contribution is 2.33. The molecular weight excluding hydrogens is 1080 g/mol. The number of nitrogens with zero attached hydrogens (tertiary/aromatic N) is 6. The zero-order valence-corrected chi connectivity index (χ0v) is 44.8. The highest BCUT2D eigenvalue weighted by Gasteiger charge is 2.16. The Hall–Kier alpha value is -8.74. The maximum absolute atomic E-state index is 8.94. The zero-order chi connectivity index (χ0) is 53.6. The molecule has 0 aliphatic heterocycles. The van der Waals surface area contributed by atoms with Gasteiger partial charge in [0.15, 0.2) is 34.9 Å². The van der Waals surface area contributed by atoms with Crippen LogP contribution in [0.4, 0.5) is 0 Å². The minimum atomic E-state index is -1.39. The summed E-state index contributed by atoms with van der Waals surface area (Å²) in [5.41, 5.74) is 12.6. The summed E-state index contributed by atoms with van der Waals surface area (Å²) < 4.78 is 0.878. The lowest BCUT2D eigenvalue weighted by atomic mass is 9.80. The van der Waals surface area contributed by atoms with Gasteiger partial charge in [0.25, 0.3) is 0 Å². The number of aromatic nitrogens is 6. The molecule has 12 heteroatoms. The average Bonchev–Trinajstić information content (AvgIpc) is 3.50. The third-order valence-corrected chi connectivity index (χ3v) is 13.2. The van der Waals surface area contributed by atoms with Crippen LogP contribution >= 0.6 is 39.1 Å². The number of rotatable bonds is 10. The van der Waals surface area contributed by atoms with Gasteiger partial charge in [-0.05, 0) is 75.2 Å². The number of halogens is 3. The lowest BCUT2D eigenvalue weighted by molar-refractivity contribution is 0.426. The summed E-state index contributed by atoms with van der Waals surface area (Å²) in [5, 5.41) is 19.1. The van der Waals surface area contributed by atoms with Gasteiger partial charge in [-0.3, -0.25) is 0 Å². The predicted octanol–water partition coefficient (Wildman–Crippen LogP) is 16.8. The van der Waals surface area contributed by atoms with E-state index in [1.165, 1.54) is 11.1 Å². The van der Waals surface area contributed by atoms with Crippen LogP contribution in [-0.2, 0) is 0 Å². The monoisotopic (exact) mass is 1130 g/mol. The first kappa shape index (κ1) is 55.0. The summed E-state index contributed by atoms with van der Waals surface area (Å²) in [7, 11) is -1.39. The number of hydrogen-bond donors (Lipinski definition) is 2. The highest BCUT2D eigenvalue weighted by atomic mass is 79.9. The Morgan fingerprint density at radius 3 is 0.823 bits per heavy atom. The summed E-state index contributed by atoms with van der Waals surface area (Å²) in [6.45, 7) is 0. The molecule has 2 heterocycles. The molecule has 0 atom stereocenters. The Kier molecular flexibility index (Phi) is 18.5. The lowest BCUT2D eigenvalue weighted by Crippen LogP contribution is -2.29. The highest BCUT2D eigenvalue weighted by molar-refractivity contribution is 9.10. The van der Waals surface area contributed by atoms with E-state index < -0.39 is 7.12 Å². The molecule has 12 aromatic rings.